The van der Waals surface area contributed by atoms with Crippen molar-refractivity contribution in [3.8, 4) is 5.75 Å². The Morgan fingerprint density at radius 1 is 1.47 bits per heavy atom. The molecule has 19 heavy (non-hydrogen) atoms. The van der Waals surface area contributed by atoms with Crippen LogP contribution in [0.2, 0.25) is 0 Å². The minimum absolute atomic E-state index is 0.127. The van der Waals surface area contributed by atoms with Gasteiger partial charge in [-0.2, -0.15) is 0 Å². The zero-order chi connectivity index (χ0) is 13.6. The number of hydrogen-bond acceptors (Lipinski definition) is 4. The molecule has 3 unspecified atom stereocenters. The van der Waals surface area contributed by atoms with Crippen molar-refractivity contribution in [3.63, 3.8) is 0 Å². The summed E-state index contributed by atoms with van der Waals surface area (Å²) in [6.45, 7) is 0. The Labute approximate surface area is 112 Å². The fraction of sp³-hybridized carbons (Fsp3) is 0.500. The predicted octanol–water partition coefficient (Wildman–Crippen LogP) is 1.14. The van der Waals surface area contributed by atoms with E-state index in [0.29, 0.717) is 23.6 Å². The van der Waals surface area contributed by atoms with Gasteiger partial charge in [-0.3, -0.25) is 4.79 Å². The van der Waals surface area contributed by atoms with E-state index in [0.717, 1.165) is 30.5 Å². The molecule has 1 aromatic rings. The molecular weight excluding hydrogens is 242 g/mol. The van der Waals surface area contributed by atoms with Crippen LogP contribution in [0.15, 0.2) is 12.1 Å². The van der Waals surface area contributed by atoms with E-state index < -0.39 is 5.91 Å². The summed E-state index contributed by atoms with van der Waals surface area (Å²) in [6.07, 6.45) is 3.21. The number of hydrogen-bond donors (Lipinski definition) is 4. The molecule has 1 fully saturated rings. The zero-order valence-corrected chi connectivity index (χ0v) is 10.9. The third kappa shape index (κ3) is 1.94. The topological polar surface area (TPSA) is 87.4 Å². The van der Waals surface area contributed by atoms with Gasteiger partial charge >= 0.3 is 0 Å². The molecule has 1 aromatic carbocycles. The Morgan fingerprint density at radius 2 is 2.26 bits per heavy atom. The first-order valence-electron chi connectivity index (χ1n) is 6.70. The first-order chi connectivity index (χ1) is 9.10. The molecule has 1 aliphatic carbocycles. The number of benzene rings is 1. The number of rotatable bonds is 2. The third-order valence-corrected chi connectivity index (χ3v) is 4.42. The molecule has 5 N–H and O–H groups in total. The molecule has 0 aromatic heterocycles. The van der Waals surface area contributed by atoms with E-state index in [-0.39, 0.29) is 5.75 Å². The van der Waals surface area contributed by atoms with E-state index in [2.05, 4.69) is 10.6 Å². The highest BCUT2D eigenvalue weighted by molar-refractivity contribution is 5.94. The Kier molecular flexibility index (Phi) is 2.86. The molecule has 1 saturated carbocycles. The van der Waals surface area contributed by atoms with Gasteiger partial charge < -0.3 is 21.5 Å². The maximum atomic E-state index is 11.3. The summed E-state index contributed by atoms with van der Waals surface area (Å²) in [5, 5.41) is 16.7. The van der Waals surface area contributed by atoms with Crippen LogP contribution >= 0.6 is 0 Å². The van der Waals surface area contributed by atoms with Crippen LogP contribution in [0, 0.1) is 0 Å². The normalized spacial score (nSPS) is 28.4. The van der Waals surface area contributed by atoms with Crippen molar-refractivity contribution in [2.75, 3.05) is 12.4 Å². The van der Waals surface area contributed by atoms with E-state index >= 15 is 0 Å². The summed E-state index contributed by atoms with van der Waals surface area (Å²) in [5.74, 6) is -0.0318. The lowest BCUT2D eigenvalue weighted by molar-refractivity contribution is 0.1000. The summed E-state index contributed by atoms with van der Waals surface area (Å²) in [6, 6.07) is 4.12. The number of carbonyl (C=O) groups excluding carboxylic acids is 1. The number of fused-ring (bicyclic) bond motifs is 3. The fourth-order valence-electron chi connectivity index (χ4n) is 3.38. The number of primary amides is 1. The smallest absolute Gasteiger partial charge is 0.248 e. The van der Waals surface area contributed by atoms with Gasteiger partial charge in [0.1, 0.15) is 5.75 Å². The van der Waals surface area contributed by atoms with Crippen molar-refractivity contribution in [2.24, 2.45) is 5.73 Å². The molecule has 1 heterocycles. The highest BCUT2D eigenvalue weighted by Crippen LogP contribution is 2.47. The Bertz CT molecular complexity index is 530. The second kappa shape index (κ2) is 4.42. The minimum atomic E-state index is -0.498. The van der Waals surface area contributed by atoms with Gasteiger partial charge in [0.25, 0.3) is 0 Å². The molecule has 5 heteroatoms. The number of nitrogens with two attached hydrogens (primary N) is 1. The van der Waals surface area contributed by atoms with E-state index in [1.807, 2.05) is 13.1 Å². The van der Waals surface area contributed by atoms with Gasteiger partial charge in [0.05, 0.1) is 5.69 Å². The standard InChI is InChI=1S/C14H19N3O2/c1-16-8-2-3-11-9(6-8)10-4-7(14(15)19)5-12(18)13(10)17-11/h4-5,8-9,11,16-18H,2-3,6H2,1H3,(H2,15,19). The van der Waals surface area contributed by atoms with Crippen LogP contribution in [0.3, 0.4) is 0 Å². The number of amides is 1. The summed E-state index contributed by atoms with van der Waals surface area (Å²) in [4.78, 5) is 11.3. The van der Waals surface area contributed by atoms with Crippen LogP contribution in [0.5, 0.6) is 5.75 Å². The van der Waals surface area contributed by atoms with Gasteiger partial charge in [0.2, 0.25) is 5.91 Å². The summed E-state index contributed by atoms with van der Waals surface area (Å²) < 4.78 is 0. The monoisotopic (exact) mass is 261 g/mol. The molecule has 102 valence electrons. The number of phenolic OH excluding ortho intramolecular Hbond substituents is 1. The predicted molar refractivity (Wildman–Crippen MR) is 73.5 cm³/mol. The van der Waals surface area contributed by atoms with E-state index in [1.54, 1.807) is 0 Å². The van der Waals surface area contributed by atoms with Crippen molar-refractivity contribution >= 4 is 11.6 Å². The first kappa shape index (κ1) is 12.3. The maximum Gasteiger partial charge on any atom is 0.248 e. The number of anilines is 1. The van der Waals surface area contributed by atoms with Gasteiger partial charge in [-0.05, 0) is 44.0 Å². The molecule has 1 amide bonds. The molecule has 5 nitrogen and oxygen atoms in total. The van der Waals surface area contributed by atoms with E-state index in [1.165, 1.54) is 6.07 Å². The number of carbonyl (C=O) groups is 1. The van der Waals surface area contributed by atoms with Crippen molar-refractivity contribution in [1.82, 2.24) is 5.32 Å². The molecule has 2 aliphatic rings. The maximum absolute atomic E-state index is 11.3. The van der Waals surface area contributed by atoms with Crippen LogP contribution in [0.25, 0.3) is 0 Å². The van der Waals surface area contributed by atoms with Gasteiger partial charge in [-0.15, -0.1) is 0 Å². The second-order valence-electron chi connectivity index (χ2n) is 5.48. The number of aromatic hydroxyl groups is 1. The molecule has 3 atom stereocenters. The number of nitrogens with one attached hydrogen (secondary N) is 2. The van der Waals surface area contributed by atoms with E-state index in [4.69, 9.17) is 5.73 Å². The molecule has 0 spiro atoms. The van der Waals surface area contributed by atoms with Crippen molar-refractivity contribution in [1.29, 1.82) is 0 Å². The highest BCUT2D eigenvalue weighted by Gasteiger charge is 2.38. The minimum Gasteiger partial charge on any atom is -0.506 e. The molecule has 1 aliphatic heterocycles. The van der Waals surface area contributed by atoms with Gasteiger partial charge in [0.15, 0.2) is 0 Å². The summed E-state index contributed by atoms with van der Waals surface area (Å²) >= 11 is 0. The van der Waals surface area contributed by atoms with Crippen molar-refractivity contribution in [2.45, 2.75) is 37.3 Å². The Morgan fingerprint density at radius 3 is 2.95 bits per heavy atom. The summed E-state index contributed by atoms with van der Waals surface area (Å²) in [5.41, 5.74) is 7.50. The Hall–Kier alpha value is -1.75. The molecule has 0 saturated heterocycles. The SMILES string of the molecule is CNC1CCC2Nc3c(O)cc(C(N)=O)cc3C2C1. The van der Waals surface area contributed by atoms with Gasteiger partial charge in [0, 0.05) is 23.6 Å². The van der Waals surface area contributed by atoms with Crippen LogP contribution in [0.1, 0.15) is 41.1 Å². The molecule has 3 rings (SSSR count). The lowest BCUT2D eigenvalue weighted by Crippen LogP contribution is -2.37. The van der Waals surface area contributed by atoms with Crippen LogP contribution < -0.4 is 16.4 Å². The molecule has 0 bridgehead atoms. The Balaban J connectivity index is 2.00. The lowest BCUT2D eigenvalue weighted by Gasteiger charge is -2.31. The van der Waals surface area contributed by atoms with Gasteiger partial charge in [-0.25, -0.2) is 0 Å². The first-order valence-corrected chi connectivity index (χ1v) is 6.70. The van der Waals surface area contributed by atoms with Crippen molar-refractivity contribution in [3.05, 3.63) is 23.3 Å². The van der Waals surface area contributed by atoms with E-state index in [9.17, 15) is 9.90 Å². The third-order valence-electron chi connectivity index (χ3n) is 4.42. The van der Waals surface area contributed by atoms with Gasteiger partial charge in [-0.1, -0.05) is 0 Å². The molecular formula is C14H19N3O2. The average molecular weight is 261 g/mol. The molecule has 0 radical (unpaired) electrons. The number of phenols is 1. The van der Waals surface area contributed by atoms with Crippen LogP contribution in [-0.4, -0.2) is 30.1 Å². The fourth-order valence-corrected chi connectivity index (χ4v) is 3.38. The van der Waals surface area contributed by atoms with Crippen LogP contribution in [0.4, 0.5) is 5.69 Å². The largest absolute Gasteiger partial charge is 0.506 e. The quantitative estimate of drug-likeness (QED) is 0.601. The second-order valence-corrected chi connectivity index (χ2v) is 5.48. The lowest BCUT2D eigenvalue weighted by atomic mass is 9.79. The zero-order valence-electron chi connectivity index (χ0n) is 10.9. The summed E-state index contributed by atoms with van der Waals surface area (Å²) in [7, 11) is 1.98. The highest BCUT2D eigenvalue weighted by atomic mass is 16.3. The van der Waals surface area contributed by atoms with Crippen LogP contribution in [-0.2, 0) is 0 Å². The average Bonchev–Trinajstić information content (AvgIpc) is 2.77. The van der Waals surface area contributed by atoms with Crippen molar-refractivity contribution < 1.29 is 9.90 Å².